The van der Waals surface area contributed by atoms with Crippen molar-refractivity contribution in [1.82, 2.24) is 0 Å². The maximum Gasteiger partial charge on any atom is 0.0700 e. The van der Waals surface area contributed by atoms with Crippen molar-refractivity contribution < 1.29 is 0 Å². The number of aryl methyl sites for hydroxylation is 2. The van der Waals surface area contributed by atoms with Gasteiger partial charge in [0.1, 0.15) is 0 Å². The van der Waals surface area contributed by atoms with E-state index in [1.807, 2.05) is 23.5 Å². The molecule has 1 fully saturated rings. The molecule has 2 aliphatic heterocycles. The summed E-state index contributed by atoms with van der Waals surface area (Å²) in [6, 6.07) is 37.6. The highest BCUT2D eigenvalue weighted by Gasteiger charge is 2.38. The van der Waals surface area contributed by atoms with E-state index >= 15 is 0 Å². The van der Waals surface area contributed by atoms with Crippen molar-refractivity contribution in [2.24, 2.45) is 0 Å². The molecular weight excluding hydrogens is 733 g/mol. The summed E-state index contributed by atoms with van der Waals surface area (Å²) in [5.74, 6) is 0. The maximum absolute atomic E-state index is 2.61. The van der Waals surface area contributed by atoms with E-state index in [0.717, 1.165) is 26.2 Å². The lowest BCUT2D eigenvalue weighted by atomic mass is 10.0. The Hall–Kier alpha value is -2.64. The first-order valence-corrected chi connectivity index (χ1v) is 23.8. The maximum atomic E-state index is 2.61. The average molecular weight is 793 g/mol. The third-order valence-electron chi connectivity index (χ3n) is 10.4. The molecule has 2 atom stereocenters. The van der Waals surface area contributed by atoms with E-state index in [1.165, 1.54) is 114 Å². The molecule has 4 aromatic rings. The Labute approximate surface area is 344 Å². The third-order valence-corrected chi connectivity index (χ3v) is 16.8. The van der Waals surface area contributed by atoms with Gasteiger partial charge in [0, 0.05) is 47.4 Å². The quantitative estimate of drug-likeness (QED) is 0.0983. The predicted molar refractivity (Wildman–Crippen MR) is 249 cm³/mol. The molecule has 0 saturated carbocycles. The number of thioether (sulfide) groups is 4. The highest BCUT2D eigenvalue weighted by atomic mass is 32.2. The lowest BCUT2D eigenvalue weighted by molar-refractivity contribution is 0.677. The molecule has 6 rings (SSSR count). The number of benzene rings is 4. The van der Waals surface area contributed by atoms with Crippen molar-refractivity contribution in [2.45, 2.75) is 103 Å². The Morgan fingerprint density at radius 1 is 0.426 bits per heavy atom. The second-order valence-electron chi connectivity index (χ2n) is 14.8. The number of hydrogen-bond acceptors (Lipinski definition) is 6. The summed E-state index contributed by atoms with van der Waals surface area (Å²) in [6.45, 7) is 18.1. The van der Waals surface area contributed by atoms with Crippen LogP contribution < -0.4 is 9.80 Å². The van der Waals surface area contributed by atoms with Crippen molar-refractivity contribution in [1.29, 1.82) is 0 Å². The fourth-order valence-corrected chi connectivity index (χ4v) is 13.5. The van der Waals surface area contributed by atoms with E-state index in [0.29, 0.717) is 10.5 Å². The normalized spacial score (nSPS) is 17.1. The molecule has 2 nitrogen and oxygen atoms in total. The summed E-state index contributed by atoms with van der Waals surface area (Å²) in [7, 11) is 0. The molecule has 0 N–H and O–H groups in total. The Morgan fingerprint density at radius 3 is 1.07 bits per heavy atom. The van der Waals surface area contributed by atoms with Gasteiger partial charge in [-0.2, -0.15) is 0 Å². The Kier molecular flexibility index (Phi) is 15.6. The van der Waals surface area contributed by atoms with Gasteiger partial charge in [0.25, 0.3) is 0 Å². The van der Waals surface area contributed by atoms with Gasteiger partial charge in [-0.1, -0.05) is 161 Å². The molecule has 286 valence electrons. The van der Waals surface area contributed by atoms with E-state index in [2.05, 4.69) is 172 Å². The monoisotopic (exact) mass is 792 g/mol. The summed E-state index contributed by atoms with van der Waals surface area (Å²) in [5, 5.41) is 0.668. The molecule has 54 heavy (non-hydrogen) atoms. The smallest absolute Gasteiger partial charge is 0.0700 e. The van der Waals surface area contributed by atoms with Gasteiger partial charge in [0.15, 0.2) is 0 Å². The molecule has 0 bridgehead atoms. The van der Waals surface area contributed by atoms with Crippen LogP contribution in [0.1, 0.15) is 123 Å². The first-order chi connectivity index (χ1) is 26.4. The van der Waals surface area contributed by atoms with Crippen LogP contribution in [0.5, 0.6) is 0 Å². The zero-order valence-corrected chi connectivity index (χ0v) is 36.7. The SMILES string of the molecule is CCCCN(CCCC)c1ccc(C2SC(=C3SC(c4ccc(C)cc4)=C(c4ccc(C)cc4)S3)SC2c2ccc(N(CCCC)CCCC)cc2)cc1. The Balaban J connectivity index is 1.34. The first kappa shape index (κ1) is 41.0. The minimum Gasteiger partial charge on any atom is -0.372 e. The zero-order chi connectivity index (χ0) is 37.9. The van der Waals surface area contributed by atoms with E-state index in [-0.39, 0.29) is 0 Å². The van der Waals surface area contributed by atoms with Gasteiger partial charge in [-0.25, -0.2) is 0 Å². The van der Waals surface area contributed by atoms with Crippen molar-refractivity contribution in [3.8, 4) is 0 Å². The van der Waals surface area contributed by atoms with Crippen LogP contribution >= 0.6 is 47.0 Å². The molecule has 2 aliphatic rings. The molecule has 0 radical (unpaired) electrons. The van der Waals surface area contributed by atoms with Crippen molar-refractivity contribution >= 4 is 68.2 Å². The van der Waals surface area contributed by atoms with Crippen molar-refractivity contribution in [3.63, 3.8) is 0 Å². The second kappa shape index (κ2) is 20.5. The van der Waals surface area contributed by atoms with E-state index in [1.54, 1.807) is 0 Å². The average Bonchev–Trinajstić information content (AvgIpc) is 3.85. The molecule has 0 spiro atoms. The highest BCUT2D eigenvalue weighted by molar-refractivity contribution is 8.37. The fraction of sp³-hybridized carbons (Fsp3) is 0.417. The second-order valence-corrected chi connectivity index (χ2v) is 19.7. The van der Waals surface area contributed by atoms with Crippen LogP contribution in [0.25, 0.3) is 9.81 Å². The van der Waals surface area contributed by atoms with Crippen LogP contribution in [0.4, 0.5) is 11.4 Å². The van der Waals surface area contributed by atoms with E-state index < -0.39 is 0 Å². The van der Waals surface area contributed by atoms with Crippen LogP contribution in [0.2, 0.25) is 0 Å². The third kappa shape index (κ3) is 10.4. The van der Waals surface area contributed by atoms with Gasteiger partial charge in [-0.05, 0) is 86.1 Å². The molecule has 0 amide bonds. The molecule has 6 heteroatoms. The van der Waals surface area contributed by atoms with Gasteiger partial charge >= 0.3 is 0 Å². The van der Waals surface area contributed by atoms with Gasteiger partial charge in [0.05, 0.1) is 19.0 Å². The Bertz CT molecular complexity index is 1680. The van der Waals surface area contributed by atoms with Gasteiger partial charge in [0.2, 0.25) is 0 Å². The topological polar surface area (TPSA) is 6.48 Å². The minimum atomic E-state index is 0.334. The highest BCUT2D eigenvalue weighted by Crippen LogP contribution is 2.69. The van der Waals surface area contributed by atoms with E-state index in [9.17, 15) is 0 Å². The summed E-state index contributed by atoms with van der Waals surface area (Å²) < 4.78 is 2.88. The van der Waals surface area contributed by atoms with Gasteiger partial charge < -0.3 is 9.80 Å². The summed E-state index contributed by atoms with van der Waals surface area (Å²) in [6.07, 6.45) is 9.87. The van der Waals surface area contributed by atoms with Crippen LogP contribution in [0.3, 0.4) is 0 Å². The zero-order valence-electron chi connectivity index (χ0n) is 33.4. The van der Waals surface area contributed by atoms with E-state index in [4.69, 9.17) is 0 Å². The minimum absolute atomic E-state index is 0.334. The molecule has 2 heterocycles. The molecule has 0 aliphatic carbocycles. The molecule has 0 aromatic heterocycles. The molecular formula is C48H60N2S4. The largest absolute Gasteiger partial charge is 0.372 e. The predicted octanol–water partition coefficient (Wildman–Crippen LogP) is 15.5. The number of unbranched alkanes of at least 4 members (excludes halogenated alkanes) is 4. The number of anilines is 2. The van der Waals surface area contributed by atoms with Crippen LogP contribution in [0.15, 0.2) is 106 Å². The fourth-order valence-electron chi connectivity index (χ4n) is 7.02. The van der Waals surface area contributed by atoms with Crippen LogP contribution in [0, 0.1) is 13.8 Å². The summed E-state index contributed by atoms with van der Waals surface area (Å²) >= 11 is 8.13. The lowest BCUT2D eigenvalue weighted by Gasteiger charge is -2.26. The number of hydrogen-bond donors (Lipinski definition) is 0. The van der Waals surface area contributed by atoms with Gasteiger partial charge in [-0.15, -0.1) is 23.5 Å². The molecule has 1 saturated heterocycles. The Morgan fingerprint density at radius 2 is 0.759 bits per heavy atom. The number of rotatable bonds is 18. The first-order valence-electron chi connectivity index (χ1n) is 20.4. The summed E-state index contributed by atoms with van der Waals surface area (Å²) in [4.78, 5) is 7.96. The molecule has 4 aromatic carbocycles. The number of nitrogens with zero attached hydrogens (tertiary/aromatic N) is 2. The van der Waals surface area contributed by atoms with Crippen LogP contribution in [-0.2, 0) is 0 Å². The van der Waals surface area contributed by atoms with Crippen LogP contribution in [-0.4, -0.2) is 26.2 Å². The molecule has 2 unspecified atom stereocenters. The lowest BCUT2D eigenvalue weighted by Crippen LogP contribution is -2.25. The summed E-state index contributed by atoms with van der Waals surface area (Å²) in [5.41, 5.74) is 10.8. The standard InChI is InChI=1S/C48H60N2S4/c1-7-11-31-49(32-12-8-2)41-27-23-39(24-28-41)45-46(40-25-29-42(30-26-40)50(33-13-9-3)34-14-10-4)54-48(53-45)47-51-43(37-19-15-35(5)16-20-37)44(52-47)38-21-17-36(6)18-22-38/h15-30,45-46H,7-14,31-34H2,1-6H3. The van der Waals surface area contributed by atoms with Crippen molar-refractivity contribution in [3.05, 3.63) is 139 Å². The van der Waals surface area contributed by atoms with Crippen molar-refractivity contribution in [2.75, 3.05) is 36.0 Å². The van der Waals surface area contributed by atoms with Gasteiger partial charge in [-0.3, -0.25) is 0 Å².